The van der Waals surface area contributed by atoms with Crippen LogP contribution in [0, 0.1) is 24.0 Å². The second kappa shape index (κ2) is 7.44. The number of ether oxygens (including phenoxy) is 1. The van der Waals surface area contributed by atoms with E-state index in [1.807, 2.05) is 13.0 Å². The number of nitro groups is 1. The number of aryl methyl sites for hydroxylation is 2. The zero-order valence-electron chi connectivity index (χ0n) is 13.9. The number of Topliss-reactive ketones (excluding diaryl/α,β-unsaturated/α-hetero) is 1. The summed E-state index contributed by atoms with van der Waals surface area (Å²) in [7, 11) is 0. The molecule has 0 aliphatic rings. The summed E-state index contributed by atoms with van der Waals surface area (Å²) in [5.74, 6) is -1.35. The molecule has 2 aromatic rings. The minimum absolute atomic E-state index is 0.158. The van der Waals surface area contributed by atoms with E-state index in [2.05, 4.69) is 0 Å². The maximum absolute atomic E-state index is 12.5. The van der Waals surface area contributed by atoms with E-state index in [1.54, 1.807) is 19.1 Å². The standard InChI is InChI=1S/C18H16ClNO5/c1-10-4-5-11(2)14(8-10)17(21)12(3)25-18(22)15-9-13(19)6-7-16(15)20(23)24/h4-9,12H,1-3H3/t12-/m0/s1. The molecule has 1 atom stereocenters. The van der Waals surface area contributed by atoms with Crippen LogP contribution < -0.4 is 0 Å². The molecule has 7 heteroatoms. The van der Waals surface area contributed by atoms with Crippen molar-refractivity contribution in [3.05, 3.63) is 73.8 Å². The van der Waals surface area contributed by atoms with Crippen LogP contribution in [0.4, 0.5) is 5.69 Å². The van der Waals surface area contributed by atoms with Gasteiger partial charge in [-0.1, -0.05) is 29.3 Å². The van der Waals surface area contributed by atoms with Crippen LogP contribution in [0.15, 0.2) is 36.4 Å². The largest absolute Gasteiger partial charge is 0.450 e. The van der Waals surface area contributed by atoms with E-state index in [4.69, 9.17) is 16.3 Å². The molecule has 0 saturated heterocycles. The van der Waals surface area contributed by atoms with Gasteiger partial charge in [-0.15, -0.1) is 0 Å². The first kappa shape index (κ1) is 18.6. The van der Waals surface area contributed by atoms with Gasteiger partial charge in [0.05, 0.1) is 4.92 Å². The first-order valence-electron chi connectivity index (χ1n) is 7.47. The van der Waals surface area contributed by atoms with E-state index in [-0.39, 0.29) is 16.4 Å². The molecule has 0 heterocycles. The summed E-state index contributed by atoms with van der Waals surface area (Å²) in [6, 6.07) is 8.97. The van der Waals surface area contributed by atoms with Gasteiger partial charge < -0.3 is 4.74 Å². The lowest BCUT2D eigenvalue weighted by Gasteiger charge is -2.14. The second-order valence-corrected chi connectivity index (χ2v) is 6.09. The Bertz CT molecular complexity index is 863. The molecule has 0 bridgehead atoms. The van der Waals surface area contributed by atoms with Crippen LogP contribution in [0.3, 0.4) is 0 Å². The molecule has 6 nitrogen and oxygen atoms in total. The summed E-state index contributed by atoms with van der Waals surface area (Å²) in [6.07, 6.45) is -1.09. The molecular formula is C18H16ClNO5. The van der Waals surface area contributed by atoms with Crippen LogP contribution in [0.5, 0.6) is 0 Å². The third-order valence-corrected chi connectivity index (χ3v) is 3.92. The van der Waals surface area contributed by atoms with Crippen molar-refractivity contribution in [1.29, 1.82) is 0 Å². The summed E-state index contributed by atoms with van der Waals surface area (Å²) >= 11 is 5.80. The lowest BCUT2D eigenvalue weighted by molar-refractivity contribution is -0.385. The van der Waals surface area contributed by atoms with Crippen molar-refractivity contribution >= 4 is 29.0 Å². The molecular weight excluding hydrogens is 346 g/mol. The molecule has 2 aromatic carbocycles. The number of carbonyl (C=O) groups excluding carboxylic acids is 2. The van der Waals surface area contributed by atoms with Crippen LogP contribution in [0.25, 0.3) is 0 Å². The Morgan fingerprint density at radius 2 is 1.80 bits per heavy atom. The lowest BCUT2D eigenvalue weighted by atomic mass is 9.99. The van der Waals surface area contributed by atoms with Crippen LogP contribution in [0.1, 0.15) is 38.8 Å². The molecule has 0 aliphatic carbocycles. The molecule has 0 radical (unpaired) electrons. The number of nitrogens with zero attached hydrogens (tertiary/aromatic N) is 1. The van der Waals surface area contributed by atoms with Gasteiger partial charge in [0, 0.05) is 16.7 Å². The molecule has 0 unspecified atom stereocenters. The van der Waals surface area contributed by atoms with Crippen LogP contribution >= 0.6 is 11.6 Å². The van der Waals surface area contributed by atoms with E-state index in [9.17, 15) is 19.7 Å². The van der Waals surface area contributed by atoms with Gasteiger partial charge in [-0.05, 0) is 44.5 Å². The monoisotopic (exact) mass is 361 g/mol. The van der Waals surface area contributed by atoms with E-state index in [0.717, 1.165) is 23.3 Å². The Morgan fingerprint density at radius 3 is 2.44 bits per heavy atom. The molecule has 0 aliphatic heterocycles. The van der Waals surface area contributed by atoms with E-state index in [1.165, 1.54) is 13.0 Å². The second-order valence-electron chi connectivity index (χ2n) is 5.65. The summed E-state index contributed by atoms with van der Waals surface area (Å²) in [5.41, 5.74) is 1.38. The van der Waals surface area contributed by atoms with E-state index in [0.29, 0.717) is 5.56 Å². The van der Waals surface area contributed by atoms with Crippen molar-refractivity contribution in [2.24, 2.45) is 0 Å². The number of hydrogen-bond donors (Lipinski definition) is 0. The van der Waals surface area contributed by atoms with Gasteiger partial charge >= 0.3 is 5.97 Å². The number of halogens is 1. The number of nitro benzene ring substituents is 1. The van der Waals surface area contributed by atoms with E-state index >= 15 is 0 Å². The van der Waals surface area contributed by atoms with Gasteiger partial charge in [0.2, 0.25) is 5.78 Å². The first-order valence-corrected chi connectivity index (χ1v) is 7.85. The van der Waals surface area contributed by atoms with Crippen LogP contribution in [-0.2, 0) is 4.74 Å². The first-order chi connectivity index (χ1) is 11.7. The molecule has 0 aromatic heterocycles. The molecule has 0 N–H and O–H groups in total. The van der Waals surface area contributed by atoms with Crippen molar-refractivity contribution in [2.75, 3.05) is 0 Å². The fourth-order valence-corrected chi connectivity index (χ4v) is 2.50. The predicted molar refractivity (Wildman–Crippen MR) is 93.2 cm³/mol. The third kappa shape index (κ3) is 4.22. The highest BCUT2D eigenvalue weighted by molar-refractivity contribution is 6.31. The maximum Gasteiger partial charge on any atom is 0.345 e. The van der Waals surface area contributed by atoms with Gasteiger partial charge in [-0.3, -0.25) is 14.9 Å². The Labute approximate surface area is 149 Å². The lowest BCUT2D eigenvalue weighted by Crippen LogP contribution is -2.25. The molecule has 0 spiro atoms. The van der Waals surface area contributed by atoms with Gasteiger partial charge in [0.1, 0.15) is 5.56 Å². The van der Waals surface area contributed by atoms with Crippen molar-refractivity contribution in [3.63, 3.8) is 0 Å². The molecule has 0 saturated carbocycles. The van der Waals surface area contributed by atoms with Crippen LogP contribution in [0.2, 0.25) is 5.02 Å². The average Bonchev–Trinajstić information content (AvgIpc) is 2.55. The molecule has 2 rings (SSSR count). The van der Waals surface area contributed by atoms with Gasteiger partial charge in [-0.25, -0.2) is 4.79 Å². The summed E-state index contributed by atoms with van der Waals surface area (Å²) in [4.78, 5) is 35.2. The van der Waals surface area contributed by atoms with Gasteiger partial charge in [0.15, 0.2) is 6.10 Å². The van der Waals surface area contributed by atoms with Crippen molar-refractivity contribution < 1.29 is 19.2 Å². The number of rotatable bonds is 5. The maximum atomic E-state index is 12.5. The SMILES string of the molecule is Cc1ccc(C)c(C(=O)[C@H](C)OC(=O)c2cc(Cl)ccc2[N+](=O)[O-])c1. The minimum Gasteiger partial charge on any atom is -0.450 e. The number of carbonyl (C=O) groups is 2. The minimum atomic E-state index is -1.09. The third-order valence-electron chi connectivity index (χ3n) is 3.69. The Hall–Kier alpha value is -2.73. The Morgan fingerprint density at radius 1 is 1.12 bits per heavy atom. The Balaban J connectivity index is 2.26. The summed E-state index contributed by atoms with van der Waals surface area (Å²) in [5, 5.41) is 11.2. The molecule has 25 heavy (non-hydrogen) atoms. The van der Waals surface area contributed by atoms with Gasteiger partial charge in [0.25, 0.3) is 5.69 Å². The summed E-state index contributed by atoms with van der Waals surface area (Å²) < 4.78 is 5.14. The number of esters is 1. The van der Waals surface area contributed by atoms with E-state index < -0.39 is 22.7 Å². The fourth-order valence-electron chi connectivity index (χ4n) is 2.33. The number of benzene rings is 2. The van der Waals surface area contributed by atoms with Crippen molar-refractivity contribution in [1.82, 2.24) is 0 Å². The highest BCUT2D eigenvalue weighted by atomic mass is 35.5. The number of hydrogen-bond acceptors (Lipinski definition) is 5. The normalized spacial score (nSPS) is 11.7. The smallest absolute Gasteiger partial charge is 0.345 e. The van der Waals surface area contributed by atoms with Gasteiger partial charge in [-0.2, -0.15) is 0 Å². The predicted octanol–water partition coefficient (Wildman–Crippen LogP) is 4.29. The average molecular weight is 362 g/mol. The topological polar surface area (TPSA) is 86.5 Å². The highest BCUT2D eigenvalue weighted by Gasteiger charge is 2.26. The molecule has 130 valence electrons. The zero-order chi connectivity index (χ0) is 18.7. The quantitative estimate of drug-likeness (QED) is 0.343. The highest BCUT2D eigenvalue weighted by Crippen LogP contribution is 2.24. The van der Waals surface area contributed by atoms with Crippen LogP contribution in [-0.4, -0.2) is 22.8 Å². The fraction of sp³-hybridized carbons (Fsp3) is 0.222. The number of ketones is 1. The molecule has 0 amide bonds. The molecule has 0 fully saturated rings. The van der Waals surface area contributed by atoms with Crippen molar-refractivity contribution in [3.8, 4) is 0 Å². The van der Waals surface area contributed by atoms with Crippen molar-refractivity contribution in [2.45, 2.75) is 26.9 Å². The summed E-state index contributed by atoms with van der Waals surface area (Å²) in [6.45, 7) is 5.06. The Kier molecular flexibility index (Phi) is 5.54. The zero-order valence-corrected chi connectivity index (χ0v) is 14.7.